The zero-order valence-corrected chi connectivity index (χ0v) is 12.3. The summed E-state index contributed by atoms with van der Waals surface area (Å²) in [7, 11) is 3.40. The van der Waals surface area contributed by atoms with Crippen molar-refractivity contribution in [3.63, 3.8) is 0 Å². The van der Waals surface area contributed by atoms with Gasteiger partial charge in [0.05, 0.1) is 11.8 Å². The summed E-state index contributed by atoms with van der Waals surface area (Å²) in [5.41, 5.74) is 1.11. The van der Waals surface area contributed by atoms with Gasteiger partial charge in [0, 0.05) is 14.2 Å². The van der Waals surface area contributed by atoms with E-state index in [2.05, 4.69) is 6.92 Å². The van der Waals surface area contributed by atoms with Crippen molar-refractivity contribution in [1.82, 2.24) is 0 Å². The molecule has 0 aromatic rings. The molecule has 106 valence electrons. The van der Waals surface area contributed by atoms with Crippen molar-refractivity contribution in [2.75, 3.05) is 14.2 Å². The van der Waals surface area contributed by atoms with Gasteiger partial charge in [-0.25, -0.2) is 0 Å². The molecule has 0 saturated heterocycles. The largest absolute Gasteiger partial charge is 0.351 e. The van der Waals surface area contributed by atoms with Gasteiger partial charge >= 0.3 is 0 Å². The molecule has 1 saturated carbocycles. The second-order valence-corrected chi connectivity index (χ2v) is 5.17. The number of unbranched alkanes of at least 4 members (excludes halogenated alkanes) is 2. The lowest BCUT2D eigenvalue weighted by molar-refractivity contribution is -0.0535. The molecule has 18 heavy (non-hydrogen) atoms. The van der Waals surface area contributed by atoms with Crippen molar-refractivity contribution in [2.24, 2.45) is 4.99 Å². The molecule has 1 aliphatic carbocycles. The predicted molar refractivity (Wildman–Crippen MR) is 76.3 cm³/mol. The molecule has 0 N–H and O–H groups in total. The third-order valence-electron chi connectivity index (χ3n) is 3.66. The van der Waals surface area contributed by atoms with Gasteiger partial charge in [0.2, 0.25) is 0 Å². The number of aliphatic imine (C=N–C) groups is 1. The number of ether oxygens (including phenoxy) is 2. The molecule has 1 fully saturated rings. The number of hydrogen-bond donors (Lipinski definition) is 0. The molecule has 0 bridgehead atoms. The number of hydrogen-bond acceptors (Lipinski definition) is 3. The third-order valence-corrected chi connectivity index (χ3v) is 3.66. The molecule has 0 atom stereocenters. The first-order valence-electron chi connectivity index (χ1n) is 7.44. The van der Waals surface area contributed by atoms with Crippen LogP contribution in [0.2, 0.25) is 0 Å². The Bertz CT molecular complexity index is 231. The van der Waals surface area contributed by atoms with Gasteiger partial charge in [0.25, 0.3) is 0 Å². The summed E-state index contributed by atoms with van der Waals surface area (Å²) in [5.74, 6) is 0. The first-order valence-corrected chi connectivity index (χ1v) is 7.44. The Morgan fingerprint density at radius 3 is 2.33 bits per heavy atom. The van der Waals surface area contributed by atoms with Crippen LogP contribution in [0.4, 0.5) is 0 Å². The molecule has 0 spiro atoms. The number of nitrogens with zero attached hydrogens (tertiary/aromatic N) is 1. The SMILES string of the molecule is CCCCCC(=NC1CCCCC1)C(OC)OC. The quantitative estimate of drug-likeness (QED) is 0.373. The second kappa shape index (κ2) is 9.51. The molecule has 1 aliphatic rings. The summed E-state index contributed by atoms with van der Waals surface area (Å²) in [4.78, 5) is 4.92. The van der Waals surface area contributed by atoms with E-state index in [-0.39, 0.29) is 6.29 Å². The average molecular weight is 255 g/mol. The first kappa shape index (κ1) is 15.6. The van der Waals surface area contributed by atoms with Crippen LogP contribution in [0, 0.1) is 0 Å². The zero-order valence-electron chi connectivity index (χ0n) is 12.3. The van der Waals surface area contributed by atoms with Crippen molar-refractivity contribution in [1.29, 1.82) is 0 Å². The van der Waals surface area contributed by atoms with Crippen molar-refractivity contribution < 1.29 is 9.47 Å². The number of methoxy groups -OCH3 is 2. The van der Waals surface area contributed by atoms with Crippen LogP contribution in [0.25, 0.3) is 0 Å². The summed E-state index contributed by atoms with van der Waals surface area (Å²) < 4.78 is 10.8. The second-order valence-electron chi connectivity index (χ2n) is 5.17. The fourth-order valence-corrected chi connectivity index (χ4v) is 2.61. The Balaban J connectivity index is 2.58. The minimum atomic E-state index is -0.246. The fourth-order valence-electron chi connectivity index (χ4n) is 2.61. The van der Waals surface area contributed by atoms with Crippen LogP contribution in [0.15, 0.2) is 4.99 Å². The van der Waals surface area contributed by atoms with Gasteiger partial charge in [-0.05, 0) is 25.7 Å². The van der Waals surface area contributed by atoms with Crippen LogP contribution in [-0.2, 0) is 9.47 Å². The van der Waals surface area contributed by atoms with Crippen molar-refractivity contribution >= 4 is 5.71 Å². The Morgan fingerprint density at radius 2 is 1.78 bits per heavy atom. The predicted octanol–water partition coefficient (Wildman–Crippen LogP) is 3.96. The molecule has 3 nitrogen and oxygen atoms in total. The number of rotatable bonds is 8. The molecule has 0 aromatic heterocycles. The Hall–Kier alpha value is -0.410. The molecular weight excluding hydrogens is 226 g/mol. The molecule has 1 rings (SSSR count). The molecular formula is C15H29NO2. The zero-order chi connectivity index (χ0) is 13.2. The summed E-state index contributed by atoms with van der Waals surface area (Å²) in [6.45, 7) is 2.22. The fraction of sp³-hybridized carbons (Fsp3) is 0.933. The Labute approximate surface area is 112 Å². The van der Waals surface area contributed by atoms with Gasteiger partial charge in [-0.3, -0.25) is 4.99 Å². The topological polar surface area (TPSA) is 30.8 Å². The lowest BCUT2D eigenvalue weighted by atomic mass is 9.95. The van der Waals surface area contributed by atoms with Crippen LogP contribution in [0.5, 0.6) is 0 Å². The standard InChI is InChI=1S/C15H29NO2/c1-4-5-7-12-14(15(17-2)18-3)16-13-10-8-6-9-11-13/h13,15H,4-12H2,1-3H3. The van der Waals surface area contributed by atoms with E-state index in [1.807, 2.05) is 0 Å². The van der Waals surface area contributed by atoms with Crippen LogP contribution in [0.1, 0.15) is 64.7 Å². The maximum Gasteiger partial charge on any atom is 0.196 e. The van der Waals surface area contributed by atoms with E-state index in [0.29, 0.717) is 6.04 Å². The Morgan fingerprint density at radius 1 is 1.11 bits per heavy atom. The molecule has 0 aliphatic heterocycles. The van der Waals surface area contributed by atoms with Gasteiger partial charge in [-0.2, -0.15) is 0 Å². The lowest BCUT2D eigenvalue weighted by Gasteiger charge is -2.22. The van der Waals surface area contributed by atoms with Crippen LogP contribution in [-0.4, -0.2) is 32.3 Å². The summed E-state index contributed by atoms with van der Waals surface area (Å²) in [5, 5.41) is 0. The van der Waals surface area contributed by atoms with E-state index >= 15 is 0 Å². The van der Waals surface area contributed by atoms with E-state index in [1.165, 1.54) is 51.4 Å². The van der Waals surface area contributed by atoms with E-state index in [9.17, 15) is 0 Å². The van der Waals surface area contributed by atoms with Crippen LogP contribution in [0.3, 0.4) is 0 Å². The highest BCUT2D eigenvalue weighted by atomic mass is 16.7. The lowest BCUT2D eigenvalue weighted by Crippen LogP contribution is -2.27. The summed E-state index contributed by atoms with van der Waals surface area (Å²) in [6, 6.07) is 0.503. The molecule has 0 heterocycles. The van der Waals surface area contributed by atoms with Crippen molar-refractivity contribution in [3.8, 4) is 0 Å². The van der Waals surface area contributed by atoms with Crippen molar-refractivity contribution in [2.45, 2.75) is 77.0 Å². The van der Waals surface area contributed by atoms with Gasteiger partial charge in [-0.15, -0.1) is 0 Å². The van der Waals surface area contributed by atoms with E-state index in [0.717, 1.165) is 12.1 Å². The van der Waals surface area contributed by atoms with Gasteiger partial charge in [0.1, 0.15) is 0 Å². The highest BCUT2D eigenvalue weighted by Crippen LogP contribution is 2.21. The molecule has 0 unspecified atom stereocenters. The van der Waals surface area contributed by atoms with Gasteiger partial charge in [0.15, 0.2) is 6.29 Å². The summed E-state index contributed by atoms with van der Waals surface area (Å²) >= 11 is 0. The van der Waals surface area contributed by atoms with Crippen molar-refractivity contribution in [3.05, 3.63) is 0 Å². The van der Waals surface area contributed by atoms with E-state index < -0.39 is 0 Å². The maximum atomic E-state index is 5.38. The minimum absolute atomic E-state index is 0.246. The summed E-state index contributed by atoms with van der Waals surface area (Å²) in [6.07, 6.45) is 10.9. The van der Waals surface area contributed by atoms with Gasteiger partial charge < -0.3 is 9.47 Å². The third kappa shape index (κ3) is 5.49. The molecule has 3 heteroatoms. The van der Waals surface area contributed by atoms with E-state index in [1.54, 1.807) is 14.2 Å². The highest BCUT2D eigenvalue weighted by Gasteiger charge is 2.18. The average Bonchev–Trinajstić information content (AvgIpc) is 2.41. The molecule has 0 aromatic carbocycles. The first-order chi connectivity index (χ1) is 8.81. The minimum Gasteiger partial charge on any atom is -0.351 e. The monoisotopic (exact) mass is 255 g/mol. The highest BCUT2D eigenvalue weighted by molar-refractivity contribution is 5.87. The smallest absolute Gasteiger partial charge is 0.196 e. The maximum absolute atomic E-state index is 5.38. The van der Waals surface area contributed by atoms with Gasteiger partial charge in [-0.1, -0.05) is 39.0 Å². The molecule has 0 amide bonds. The molecule has 0 radical (unpaired) electrons. The Kier molecular flexibility index (Phi) is 8.27. The normalized spacial score (nSPS) is 18.6. The van der Waals surface area contributed by atoms with Crippen LogP contribution < -0.4 is 0 Å². The van der Waals surface area contributed by atoms with Crippen LogP contribution >= 0.6 is 0 Å². The van der Waals surface area contributed by atoms with E-state index in [4.69, 9.17) is 14.5 Å².